The summed E-state index contributed by atoms with van der Waals surface area (Å²) >= 11 is 0. The lowest BCUT2D eigenvalue weighted by Crippen LogP contribution is -2.24. The zero-order valence-corrected chi connectivity index (χ0v) is 12.9. The second-order valence-electron chi connectivity index (χ2n) is 4.63. The van der Waals surface area contributed by atoms with Crippen molar-refractivity contribution in [3.05, 3.63) is 41.5 Å². The fourth-order valence-electron chi connectivity index (χ4n) is 1.76. The van der Waals surface area contributed by atoms with E-state index in [0.29, 0.717) is 11.7 Å². The van der Waals surface area contributed by atoms with Crippen LogP contribution in [-0.4, -0.2) is 25.6 Å². The number of nitrogens with one attached hydrogen (secondary N) is 2. The summed E-state index contributed by atoms with van der Waals surface area (Å²) in [4.78, 5) is 4.15. The summed E-state index contributed by atoms with van der Waals surface area (Å²) < 4.78 is 31.5. The van der Waals surface area contributed by atoms with Crippen LogP contribution in [0.2, 0.25) is 0 Å². The highest BCUT2D eigenvalue weighted by Crippen LogP contribution is 2.16. The van der Waals surface area contributed by atoms with Crippen LogP contribution in [-0.2, 0) is 16.6 Å². The first-order valence-corrected chi connectivity index (χ1v) is 7.97. The predicted octanol–water partition coefficient (Wildman–Crippen LogP) is 1.14. The first-order valence-electron chi connectivity index (χ1n) is 6.48. The van der Waals surface area contributed by atoms with Gasteiger partial charge >= 0.3 is 0 Å². The van der Waals surface area contributed by atoms with Crippen molar-refractivity contribution in [3.63, 3.8) is 0 Å². The third kappa shape index (κ3) is 3.87. The van der Waals surface area contributed by atoms with Crippen molar-refractivity contribution in [3.8, 4) is 0 Å². The van der Waals surface area contributed by atoms with Gasteiger partial charge in [-0.3, -0.25) is 0 Å². The van der Waals surface area contributed by atoms with Gasteiger partial charge in [-0.2, -0.15) is 4.98 Å². The monoisotopic (exact) mass is 310 g/mol. The predicted molar refractivity (Wildman–Crippen MR) is 77.0 cm³/mol. The average Bonchev–Trinajstić information content (AvgIpc) is 2.90. The molecule has 1 atom stereocenters. The van der Waals surface area contributed by atoms with Gasteiger partial charge in [-0.1, -0.05) is 17.3 Å². The van der Waals surface area contributed by atoms with E-state index in [1.165, 1.54) is 0 Å². The van der Waals surface area contributed by atoms with Gasteiger partial charge in [0.05, 0.1) is 11.4 Å². The Bertz CT molecular complexity index is 694. The molecule has 0 aliphatic carbocycles. The third-order valence-corrected chi connectivity index (χ3v) is 4.53. The van der Waals surface area contributed by atoms with Crippen LogP contribution in [0.1, 0.15) is 30.2 Å². The molecule has 114 valence electrons. The lowest BCUT2D eigenvalue weighted by atomic mass is 10.1. The van der Waals surface area contributed by atoms with Crippen LogP contribution >= 0.6 is 0 Å². The van der Waals surface area contributed by atoms with E-state index in [9.17, 15) is 8.42 Å². The average molecular weight is 310 g/mol. The molecule has 2 N–H and O–H groups in total. The van der Waals surface area contributed by atoms with Gasteiger partial charge in [0, 0.05) is 13.0 Å². The summed E-state index contributed by atoms with van der Waals surface area (Å²) in [5.41, 5.74) is 1.02. The normalized spacial score (nSPS) is 13.3. The number of hydrogen-bond donors (Lipinski definition) is 2. The van der Waals surface area contributed by atoms with Crippen molar-refractivity contribution < 1.29 is 12.9 Å². The van der Waals surface area contributed by atoms with E-state index in [2.05, 4.69) is 20.2 Å². The molecule has 21 heavy (non-hydrogen) atoms. The van der Waals surface area contributed by atoms with Gasteiger partial charge in [0.2, 0.25) is 15.9 Å². The minimum absolute atomic E-state index is 0.00561. The van der Waals surface area contributed by atoms with Crippen molar-refractivity contribution in [2.24, 2.45) is 0 Å². The Labute approximate surface area is 123 Å². The molecule has 0 fully saturated rings. The van der Waals surface area contributed by atoms with Crippen molar-refractivity contribution >= 4 is 10.0 Å². The maximum atomic E-state index is 12.2. The lowest BCUT2D eigenvalue weighted by molar-refractivity contribution is 0.387. The number of hydrogen-bond acceptors (Lipinski definition) is 6. The van der Waals surface area contributed by atoms with Crippen LogP contribution in [0.15, 0.2) is 33.7 Å². The van der Waals surface area contributed by atoms with Gasteiger partial charge in [-0.25, -0.2) is 13.1 Å². The summed E-state index contributed by atoms with van der Waals surface area (Å²) in [6, 6.07) is 6.89. The molecule has 0 saturated heterocycles. The lowest BCUT2D eigenvalue weighted by Gasteiger charge is -2.11. The molecule has 0 bridgehead atoms. The third-order valence-electron chi connectivity index (χ3n) is 3.11. The Morgan fingerprint density at radius 3 is 2.48 bits per heavy atom. The molecular weight excluding hydrogens is 292 g/mol. The number of rotatable bonds is 6. The number of aromatic nitrogens is 2. The molecule has 1 heterocycles. The first-order chi connectivity index (χ1) is 9.92. The molecular formula is C13H18N4O3S. The molecule has 0 aliphatic heterocycles. The molecule has 1 aromatic carbocycles. The topological polar surface area (TPSA) is 97.1 Å². The zero-order valence-electron chi connectivity index (χ0n) is 12.1. The van der Waals surface area contributed by atoms with Gasteiger partial charge < -0.3 is 9.84 Å². The van der Waals surface area contributed by atoms with E-state index in [1.807, 2.05) is 14.0 Å². The Morgan fingerprint density at radius 2 is 1.95 bits per heavy atom. The van der Waals surface area contributed by atoms with Crippen molar-refractivity contribution in [2.45, 2.75) is 31.3 Å². The molecule has 7 nitrogen and oxygen atoms in total. The van der Waals surface area contributed by atoms with Crippen LogP contribution in [0, 0.1) is 6.92 Å². The first kappa shape index (κ1) is 15.6. The van der Waals surface area contributed by atoms with Gasteiger partial charge in [0.1, 0.15) is 0 Å². The summed E-state index contributed by atoms with van der Waals surface area (Å²) in [6.45, 7) is 3.64. The SMILES string of the molecule is CNC(C)c1ccc(S(=O)(=O)NCc2noc(C)n2)cc1. The van der Waals surface area contributed by atoms with Gasteiger partial charge in [0.15, 0.2) is 5.82 Å². The van der Waals surface area contributed by atoms with Crippen molar-refractivity contribution in [1.29, 1.82) is 0 Å². The minimum atomic E-state index is -3.59. The van der Waals surface area contributed by atoms with Crippen molar-refractivity contribution in [1.82, 2.24) is 20.2 Å². The fraction of sp³-hybridized carbons (Fsp3) is 0.385. The molecule has 2 aromatic rings. The molecule has 0 saturated carbocycles. The second kappa shape index (κ2) is 6.33. The van der Waals surface area contributed by atoms with Gasteiger partial charge in [-0.15, -0.1) is 0 Å². The molecule has 0 aliphatic rings. The van der Waals surface area contributed by atoms with Crippen LogP contribution in [0.4, 0.5) is 0 Å². The Balaban J connectivity index is 2.08. The molecule has 0 amide bonds. The van der Waals surface area contributed by atoms with Crippen LogP contribution in [0.5, 0.6) is 0 Å². The maximum absolute atomic E-state index is 12.2. The fourth-order valence-corrected chi connectivity index (χ4v) is 2.74. The molecule has 0 spiro atoms. The van der Waals surface area contributed by atoms with E-state index >= 15 is 0 Å². The van der Waals surface area contributed by atoms with Crippen LogP contribution < -0.4 is 10.0 Å². The summed E-state index contributed by atoms with van der Waals surface area (Å²) in [7, 11) is -1.74. The molecule has 8 heteroatoms. The number of aryl methyl sites for hydroxylation is 1. The number of benzene rings is 1. The smallest absolute Gasteiger partial charge is 0.240 e. The van der Waals surface area contributed by atoms with E-state index < -0.39 is 10.0 Å². The molecule has 0 radical (unpaired) electrons. The summed E-state index contributed by atoms with van der Waals surface area (Å²) in [5, 5.41) is 6.74. The van der Waals surface area contributed by atoms with Crippen LogP contribution in [0.3, 0.4) is 0 Å². The number of nitrogens with zero attached hydrogens (tertiary/aromatic N) is 2. The zero-order chi connectivity index (χ0) is 15.5. The van der Waals surface area contributed by atoms with E-state index in [1.54, 1.807) is 31.2 Å². The number of sulfonamides is 1. The molecule has 1 aromatic heterocycles. The van der Waals surface area contributed by atoms with E-state index in [-0.39, 0.29) is 17.5 Å². The Hall–Kier alpha value is -1.77. The quantitative estimate of drug-likeness (QED) is 0.830. The molecule has 1 unspecified atom stereocenters. The van der Waals surface area contributed by atoms with Gasteiger partial charge in [-0.05, 0) is 31.7 Å². The van der Waals surface area contributed by atoms with E-state index in [0.717, 1.165) is 5.56 Å². The maximum Gasteiger partial charge on any atom is 0.240 e. The largest absolute Gasteiger partial charge is 0.340 e. The van der Waals surface area contributed by atoms with E-state index in [4.69, 9.17) is 4.52 Å². The highest BCUT2D eigenvalue weighted by Gasteiger charge is 2.15. The Kier molecular flexibility index (Phi) is 4.71. The molecule has 2 rings (SSSR count). The minimum Gasteiger partial charge on any atom is -0.340 e. The van der Waals surface area contributed by atoms with Crippen molar-refractivity contribution in [2.75, 3.05) is 7.05 Å². The standard InChI is InChI=1S/C13H18N4O3S/c1-9(14-3)11-4-6-12(7-5-11)21(18,19)15-8-13-16-10(2)20-17-13/h4-7,9,14-15H,8H2,1-3H3. The summed E-state index contributed by atoms with van der Waals surface area (Å²) in [6.07, 6.45) is 0. The second-order valence-corrected chi connectivity index (χ2v) is 6.40. The Morgan fingerprint density at radius 1 is 1.29 bits per heavy atom. The highest BCUT2D eigenvalue weighted by atomic mass is 32.2. The highest BCUT2D eigenvalue weighted by molar-refractivity contribution is 7.89. The van der Waals surface area contributed by atoms with Crippen LogP contribution in [0.25, 0.3) is 0 Å². The van der Waals surface area contributed by atoms with Gasteiger partial charge in [0.25, 0.3) is 0 Å². The summed E-state index contributed by atoms with van der Waals surface area (Å²) in [5.74, 6) is 0.700.